The van der Waals surface area contributed by atoms with Gasteiger partial charge in [-0.05, 0) is 42.5 Å². The van der Waals surface area contributed by atoms with Crippen LogP contribution >= 0.6 is 11.6 Å². The number of benzene rings is 3. The molecule has 0 spiro atoms. The number of hydrogen-bond donors (Lipinski definition) is 1. The number of sulfonamides is 1. The van der Waals surface area contributed by atoms with Crippen LogP contribution in [0.5, 0.6) is 0 Å². The van der Waals surface area contributed by atoms with E-state index in [-0.39, 0.29) is 27.0 Å². The molecule has 156 valence electrons. The molecule has 3 rings (SSSR count). The van der Waals surface area contributed by atoms with Crippen LogP contribution in [0.2, 0.25) is 5.02 Å². The van der Waals surface area contributed by atoms with Crippen molar-refractivity contribution in [1.29, 1.82) is 0 Å². The van der Waals surface area contributed by atoms with Crippen LogP contribution in [0.15, 0.2) is 82.1 Å². The first-order valence-corrected chi connectivity index (χ1v) is 10.2. The van der Waals surface area contributed by atoms with Gasteiger partial charge in [-0.25, -0.2) is 4.39 Å². The van der Waals surface area contributed by atoms with Gasteiger partial charge in [-0.15, -0.1) is 4.40 Å². The minimum atomic E-state index is -4.62. The van der Waals surface area contributed by atoms with Crippen molar-refractivity contribution in [3.8, 4) is 0 Å². The largest absolute Gasteiger partial charge is 0.416 e. The molecule has 0 saturated heterocycles. The van der Waals surface area contributed by atoms with Gasteiger partial charge in [-0.1, -0.05) is 41.9 Å². The molecule has 0 radical (unpaired) electrons. The van der Waals surface area contributed by atoms with Crippen molar-refractivity contribution in [3.05, 3.63) is 94.8 Å². The molecule has 1 N–H and O–H groups in total. The average molecular weight is 457 g/mol. The summed E-state index contributed by atoms with van der Waals surface area (Å²) < 4.78 is 81.3. The third-order valence-electron chi connectivity index (χ3n) is 3.92. The Labute approximate surface area is 174 Å². The fraction of sp³-hybridized carbons (Fsp3) is 0.0500. The summed E-state index contributed by atoms with van der Waals surface area (Å²) >= 11 is 6.01. The minimum Gasteiger partial charge on any atom is -0.338 e. The van der Waals surface area contributed by atoms with Crippen LogP contribution in [0, 0.1) is 5.82 Å². The molecule has 0 heterocycles. The van der Waals surface area contributed by atoms with E-state index in [1.807, 2.05) is 0 Å². The third-order valence-corrected chi connectivity index (χ3v) is 5.54. The molecule has 0 aromatic heterocycles. The number of anilines is 1. The standard InChI is InChI=1S/C20H13ClF4N2O2S/c21-17-11-6-14(20(23,24)25)12-18(17)26-19(13-4-2-1-3-5-13)27-30(28,29)16-9-7-15(22)8-10-16/h1-12H,(H,26,27). The summed E-state index contributed by atoms with van der Waals surface area (Å²) in [6, 6.07) is 14.5. The lowest BCUT2D eigenvalue weighted by Gasteiger charge is -2.14. The van der Waals surface area contributed by atoms with Gasteiger partial charge in [-0.3, -0.25) is 0 Å². The minimum absolute atomic E-state index is 0.0641. The highest BCUT2D eigenvalue weighted by atomic mass is 35.5. The van der Waals surface area contributed by atoms with Gasteiger partial charge in [0.25, 0.3) is 10.0 Å². The molecule has 0 saturated carbocycles. The van der Waals surface area contributed by atoms with Crippen LogP contribution in [0.4, 0.5) is 23.2 Å². The second-order valence-corrected chi connectivity index (χ2v) is 8.06. The first kappa shape index (κ1) is 21.8. The molecule has 30 heavy (non-hydrogen) atoms. The average Bonchev–Trinajstić information content (AvgIpc) is 2.69. The Hall–Kier alpha value is -2.91. The van der Waals surface area contributed by atoms with Gasteiger partial charge in [0.15, 0.2) is 5.84 Å². The number of nitrogens with one attached hydrogen (secondary N) is 1. The Morgan fingerprint density at radius 1 is 0.933 bits per heavy atom. The van der Waals surface area contributed by atoms with E-state index in [2.05, 4.69) is 9.71 Å². The summed E-state index contributed by atoms with van der Waals surface area (Å²) in [7, 11) is -4.30. The number of halogens is 5. The predicted molar refractivity (Wildman–Crippen MR) is 107 cm³/mol. The van der Waals surface area contributed by atoms with E-state index in [9.17, 15) is 26.0 Å². The highest BCUT2D eigenvalue weighted by Crippen LogP contribution is 2.34. The fourth-order valence-corrected chi connectivity index (χ4v) is 3.59. The zero-order valence-electron chi connectivity index (χ0n) is 15.0. The molecular formula is C20H13ClF4N2O2S. The maximum Gasteiger partial charge on any atom is 0.416 e. The lowest BCUT2D eigenvalue weighted by Crippen LogP contribution is -2.17. The molecule has 0 bridgehead atoms. The number of rotatable bonds is 4. The lowest BCUT2D eigenvalue weighted by atomic mass is 10.1. The maximum atomic E-state index is 13.1. The summed E-state index contributed by atoms with van der Waals surface area (Å²) in [4.78, 5) is -0.283. The van der Waals surface area contributed by atoms with E-state index in [1.54, 1.807) is 18.2 Å². The Morgan fingerprint density at radius 2 is 1.57 bits per heavy atom. The van der Waals surface area contributed by atoms with E-state index in [0.717, 1.165) is 42.5 Å². The predicted octanol–water partition coefficient (Wildman–Crippen LogP) is 5.75. The summed E-state index contributed by atoms with van der Waals surface area (Å²) in [5.41, 5.74) is -0.858. The highest BCUT2D eigenvalue weighted by Gasteiger charge is 2.31. The first-order chi connectivity index (χ1) is 14.1. The van der Waals surface area contributed by atoms with E-state index < -0.39 is 27.6 Å². The monoisotopic (exact) mass is 456 g/mol. The van der Waals surface area contributed by atoms with Crippen molar-refractivity contribution in [2.45, 2.75) is 11.1 Å². The maximum absolute atomic E-state index is 13.1. The van der Waals surface area contributed by atoms with Crippen LogP contribution in [0.1, 0.15) is 11.1 Å². The Balaban J connectivity index is 2.09. The van der Waals surface area contributed by atoms with E-state index in [4.69, 9.17) is 11.6 Å². The SMILES string of the molecule is O=S(=O)(N=C(Nc1cc(C(F)(F)F)ccc1Cl)c1ccccc1)c1ccc(F)cc1. The third kappa shape index (κ3) is 5.17. The van der Waals surface area contributed by atoms with Gasteiger partial charge in [0.1, 0.15) is 5.82 Å². The molecule has 4 nitrogen and oxygen atoms in total. The van der Waals surface area contributed by atoms with E-state index in [1.165, 1.54) is 12.1 Å². The fourth-order valence-electron chi connectivity index (χ4n) is 2.45. The summed E-state index contributed by atoms with van der Waals surface area (Å²) in [6.45, 7) is 0. The van der Waals surface area contributed by atoms with E-state index in [0.29, 0.717) is 0 Å². The lowest BCUT2D eigenvalue weighted by molar-refractivity contribution is -0.137. The number of amidine groups is 1. The van der Waals surface area contributed by atoms with Gasteiger partial charge < -0.3 is 5.32 Å². The molecule has 0 amide bonds. The molecule has 10 heteroatoms. The summed E-state index contributed by atoms with van der Waals surface area (Å²) in [5.74, 6) is -0.878. The second kappa shape index (κ2) is 8.45. The van der Waals surface area contributed by atoms with Gasteiger partial charge in [0.05, 0.1) is 21.2 Å². The molecule has 0 aliphatic carbocycles. The summed E-state index contributed by atoms with van der Waals surface area (Å²) in [5, 5.41) is 2.51. The van der Waals surface area contributed by atoms with Crippen LogP contribution in [-0.4, -0.2) is 14.3 Å². The normalized spacial score (nSPS) is 12.6. The van der Waals surface area contributed by atoms with Crippen molar-refractivity contribution < 1.29 is 26.0 Å². The molecule has 0 aliphatic heterocycles. The molecular weight excluding hydrogens is 444 g/mol. The quantitative estimate of drug-likeness (QED) is 0.309. The van der Waals surface area contributed by atoms with Gasteiger partial charge in [-0.2, -0.15) is 21.6 Å². The van der Waals surface area contributed by atoms with E-state index >= 15 is 0 Å². The molecule has 3 aromatic carbocycles. The first-order valence-electron chi connectivity index (χ1n) is 8.36. The van der Waals surface area contributed by atoms with Gasteiger partial charge in [0.2, 0.25) is 0 Å². The van der Waals surface area contributed by atoms with Gasteiger partial charge in [0, 0.05) is 5.56 Å². The van der Waals surface area contributed by atoms with Crippen molar-refractivity contribution >= 4 is 33.1 Å². The second-order valence-electron chi connectivity index (χ2n) is 6.05. The van der Waals surface area contributed by atoms with Crippen LogP contribution in [0.3, 0.4) is 0 Å². The molecule has 3 aromatic rings. The van der Waals surface area contributed by atoms with Crippen molar-refractivity contribution in [1.82, 2.24) is 0 Å². The zero-order valence-corrected chi connectivity index (χ0v) is 16.6. The topological polar surface area (TPSA) is 58.5 Å². The molecule has 0 aliphatic rings. The Morgan fingerprint density at radius 3 is 2.17 bits per heavy atom. The molecule has 0 fully saturated rings. The number of nitrogens with zero attached hydrogens (tertiary/aromatic N) is 1. The number of hydrogen-bond acceptors (Lipinski definition) is 2. The summed E-state index contributed by atoms with van der Waals surface area (Å²) in [6.07, 6.45) is -4.62. The van der Waals surface area contributed by atoms with Crippen molar-refractivity contribution in [3.63, 3.8) is 0 Å². The number of alkyl halides is 3. The van der Waals surface area contributed by atoms with Crippen molar-refractivity contribution in [2.75, 3.05) is 5.32 Å². The van der Waals surface area contributed by atoms with Gasteiger partial charge >= 0.3 is 6.18 Å². The zero-order chi connectivity index (χ0) is 21.9. The van der Waals surface area contributed by atoms with Crippen LogP contribution in [-0.2, 0) is 16.2 Å². The molecule has 0 atom stereocenters. The Bertz CT molecular complexity index is 1180. The van der Waals surface area contributed by atoms with Crippen LogP contribution in [0.25, 0.3) is 0 Å². The highest BCUT2D eigenvalue weighted by molar-refractivity contribution is 7.90. The van der Waals surface area contributed by atoms with Crippen molar-refractivity contribution in [2.24, 2.45) is 4.40 Å². The molecule has 0 unspecified atom stereocenters. The Kier molecular flexibility index (Phi) is 6.14. The van der Waals surface area contributed by atoms with Crippen LogP contribution < -0.4 is 5.32 Å². The smallest absolute Gasteiger partial charge is 0.338 e.